The average molecular weight is 441 g/mol. The first kappa shape index (κ1) is 20.6. The molecule has 1 aromatic carbocycles. The van der Waals surface area contributed by atoms with E-state index in [1.54, 1.807) is 23.7 Å². The van der Waals surface area contributed by atoms with Gasteiger partial charge in [0, 0.05) is 17.9 Å². The number of halogens is 2. The number of aromatic nitrogens is 2. The topological polar surface area (TPSA) is 99.5 Å². The van der Waals surface area contributed by atoms with Gasteiger partial charge in [0.15, 0.2) is 21.3 Å². The molecule has 0 aliphatic carbocycles. The third-order valence-corrected chi connectivity index (χ3v) is 7.24. The van der Waals surface area contributed by atoms with Gasteiger partial charge < -0.3 is 14.8 Å². The Labute approximate surface area is 172 Å². The second kappa shape index (κ2) is 7.53. The fraction of sp³-hybridized carbons (Fsp3) is 0.474. The van der Waals surface area contributed by atoms with E-state index in [2.05, 4.69) is 15.2 Å². The summed E-state index contributed by atoms with van der Waals surface area (Å²) in [5.41, 5.74) is 2.14. The number of carbonyl (C=O) groups is 1. The van der Waals surface area contributed by atoms with Crippen molar-refractivity contribution in [2.45, 2.75) is 38.3 Å². The van der Waals surface area contributed by atoms with Crippen LogP contribution in [0.1, 0.15) is 41.6 Å². The van der Waals surface area contributed by atoms with Crippen LogP contribution in [0.25, 0.3) is 0 Å². The second-order valence-electron chi connectivity index (χ2n) is 7.44. The lowest BCUT2D eigenvalue weighted by Gasteiger charge is -2.26. The van der Waals surface area contributed by atoms with Crippen LogP contribution in [-0.2, 0) is 14.6 Å². The first-order valence-electron chi connectivity index (χ1n) is 9.40. The molecule has 0 saturated carbocycles. The zero-order valence-corrected chi connectivity index (χ0v) is 17.2. The number of anilines is 1. The number of alkyl halides is 2. The van der Waals surface area contributed by atoms with Crippen molar-refractivity contribution in [3.05, 3.63) is 35.0 Å². The van der Waals surface area contributed by atoms with Gasteiger partial charge in [0.05, 0.1) is 30.4 Å². The first-order valence-corrected chi connectivity index (χ1v) is 11.2. The van der Waals surface area contributed by atoms with E-state index < -0.39 is 16.4 Å². The van der Waals surface area contributed by atoms with Crippen molar-refractivity contribution >= 4 is 21.6 Å². The van der Waals surface area contributed by atoms with Crippen LogP contribution in [0, 0.1) is 6.92 Å². The number of aryl methyl sites for hydroxylation is 1. The molecule has 1 fully saturated rings. The lowest BCUT2D eigenvalue weighted by atomic mass is 9.85. The van der Waals surface area contributed by atoms with Gasteiger partial charge in [0.2, 0.25) is 5.91 Å². The lowest BCUT2D eigenvalue weighted by Crippen LogP contribution is -2.26. The molecule has 2 aliphatic rings. The Kier molecular flexibility index (Phi) is 5.16. The van der Waals surface area contributed by atoms with Crippen LogP contribution >= 0.6 is 0 Å². The number of amides is 1. The van der Waals surface area contributed by atoms with E-state index in [4.69, 9.17) is 4.74 Å². The highest BCUT2D eigenvalue weighted by Gasteiger charge is 2.37. The molecule has 2 atom stereocenters. The summed E-state index contributed by atoms with van der Waals surface area (Å²) in [5.74, 6) is -0.0215. The fourth-order valence-electron chi connectivity index (χ4n) is 4.18. The Morgan fingerprint density at radius 2 is 2.07 bits per heavy atom. The van der Waals surface area contributed by atoms with E-state index in [1.807, 2.05) is 0 Å². The van der Waals surface area contributed by atoms with E-state index >= 15 is 0 Å². The van der Waals surface area contributed by atoms with Crippen molar-refractivity contribution in [1.29, 1.82) is 0 Å². The Hall–Kier alpha value is -2.69. The highest BCUT2D eigenvalue weighted by atomic mass is 32.2. The van der Waals surface area contributed by atoms with E-state index in [-0.39, 0.29) is 47.3 Å². The third-order valence-electron chi connectivity index (χ3n) is 5.49. The van der Waals surface area contributed by atoms with Crippen LogP contribution in [0.5, 0.6) is 11.5 Å². The number of nitrogens with one attached hydrogen (secondary N) is 1. The van der Waals surface area contributed by atoms with Crippen molar-refractivity contribution in [3.8, 4) is 11.5 Å². The average Bonchev–Trinajstić information content (AvgIpc) is 3.20. The van der Waals surface area contributed by atoms with Crippen LogP contribution in [0.4, 0.5) is 14.6 Å². The molecule has 1 aromatic heterocycles. The highest BCUT2D eigenvalue weighted by molar-refractivity contribution is 7.91. The molecule has 30 heavy (non-hydrogen) atoms. The number of methoxy groups -OCH3 is 1. The molecule has 4 rings (SSSR count). The van der Waals surface area contributed by atoms with Crippen molar-refractivity contribution < 1.29 is 31.5 Å². The maximum absolute atomic E-state index is 12.6. The number of rotatable bonds is 5. The van der Waals surface area contributed by atoms with Gasteiger partial charge in [-0.15, -0.1) is 0 Å². The van der Waals surface area contributed by atoms with Gasteiger partial charge in [0.1, 0.15) is 5.82 Å². The van der Waals surface area contributed by atoms with Crippen molar-refractivity contribution in [3.63, 3.8) is 0 Å². The molecule has 8 nitrogen and oxygen atoms in total. The van der Waals surface area contributed by atoms with Crippen LogP contribution in [-0.4, -0.2) is 49.3 Å². The highest BCUT2D eigenvalue weighted by Crippen LogP contribution is 2.43. The molecule has 1 saturated heterocycles. The summed E-state index contributed by atoms with van der Waals surface area (Å²) >= 11 is 0. The summed E-state index contributed by atoms with van der Waals surface area (Å²) in [6.45, 7) is -1.19. The third kappa shape index (κ3) is 3.73. The Bertz CT molecular complexity index is 1100. The van der Waals surface area contributed by atoms with Gasteiger partial charge in [-0.2, -0.15) is 13.9 Å². The number of hydrogen-bond acceptors (Lipinski definition) is 6. The standard InChI is InChI=1S/C19H21F2N3O5S/c1-10-17-13(11-3-4-14(29-19(20)21)15(7-11)28-2)8-16(25)22-18(17)24(23-10)12-5-6-30(26,27)9-12/h3-4,7,12-13,19H,5-6,8-9H2,1-2H3,(H,22,25)/t12-,13-/m1/s1. The maximum Gasteiger partial charge on any atom is 0.387 e. The van der Waals surface area contributed by atoms with Gasteiger partial charge in [0.25, 0.3) is 0 Å². The van der Waals surface area contributed by atoms with Crippen LogP contribution in [0.3, 0.4) is 0 Å². The minimum absolute atomic E-state index is 0.0193. The Balaban J connectivity index is 1.75. The summed E-state index contributed by atoms with van der Waals surface area (Å²) in [7, 11) is -1.78. The molecular formula is C19H21F2N3O5S. The van der Waals surface area contributed by atoms with Gasteiger partial charge in [-0.25, -0.2) is 13.1 Å². The van der Waals surface area contributed by atoms with E-state index in [0.29, 0.717) is 23.5 Å². The fourth-order valence-corrected chi connectivity index (χ4v) is 5.88. The molecular weight excluding hydrogens is 420 g/mol. The predicted molar refractivity (Wildman–Crippen MR) is 104 cm³/mol. The second-order valence-corrected chi connectivity index (χ2v) is 9.67. The van der Waals surface area contributed by atoms with Crippen molar-refractivity contribution in [2.24, 2.45) is 0 Å². The summed E-state index contributed by atoms with van der Waals surface area (Å²) in [6, 6.07) is 4.23. The summed E-state index contributed by atoms with van der Waals surface area (Å²) in [4.78, 5) is 12.5. The number of benzene rings is 1. The monoisotopic (exact) mass is 441 g/mol. The molecule has 0 bridgehead atoms. The van der Waals surface area contributed by atoms with Crippen molar-refractivity contribution in [2.75, 3.05) is 23.9 Å². The zero-order chi connectivity index (χ0) is 21.6. The molecule has 3 heterocycles. The number of carbonyl (C=O) groups excluding carboxylic acids is 1. The number of sulfone groups is 1. The molecule has 2 aliphatic heterocycles. The molecule has 1 N–H and O–H groups in total. The first-order chi connectivity index (χ1) is 14.2. The quantitative estimate of drug-likeness (QED) is 0.766. The maximum atomic E-state index is 12.6. The lowest BCUT2D eigenvalue weighted by molar-refractivity contribution is -0.116. The van der Waals surface area contributed by atoms with Gasteiger partial charge >= 0.3 is 6.61 Å². The molecule has 0 spiro atoms. The largest absolute Gasteiger partial charge is 0.493 e. The Morgan fingerprint density at radius 1 is 1.30 bits per heavy atom. The molecule has 1 amide bonds. The SMILES string of the molecule is COc1cc([C@H]2CC(=O)Nc3c2c(C)nn3[C@@H]2CCS(=O)(=O)C2)ccc1OC(F)F. The smallest absolute Gasteiger partial charge is 0.387 e. The van der Waals surface area contributed by atoms with Gasteiger partial charge in [-0.05, 0) is 31.0 Å². The number of ether oxygens (including phenoxy) is 2. The minimum Gasteiger partial charge on any atom is -0.493 e. The molecule has 162 valence electrons. The predicted octanol–water partition coefficient (Wildman–Crippen LogP) is 2.64. The zero-order valence-electron chi connectivity index (χ0n) is 16.4. The van der Waals surface area contributed by atoms with E-state index in [0.717, 1.165) is 5.56 Å². The van der Waals surface area contributed by atoms with Gasteiger partial charge in [-0.1, -0.05) is 6.07 Å². The molecule has 0 unspecified atom stereocenters. The van der Waals surface area contributed by atoms with Crippen molar-refractivity contribution in [1.82, 2.24) is 9.78 Å². The Morgan fingerprint density at radius 3 is 2.70 bits per heavy atom. The minimum atomic E-state index is -3.13. The van der Waals surface area contributed by atoms with Gasteiger partial charge in [-0.3, -0.25) is 4.79 Å². The molecule has 0 radical (unpaired) electrons. The van der Waals surface area contributed by atoms with Crippen LogP contribution in [0.2, 0.25) is 0 Å². The molecule has 11 heteroatoms. The van der Waals surface area contributed by atoms with Crippen LogP contribution < -0.4 is 14.8 Å². The van der Waals surface area contributed by atoms with E-state index in [9.17, 15) is 22.0 Å². The van der Waals surface area contributed by atoms with Crippen LogP contribution in [0.15, 0.2) is 18.2 Å². The van der Waals surface area contributed by atoms with E-state index in [1.165, 1.54) is 13.2 Å². The summed E-state index contributed by atoms with van der Waals surface area (Å²) in [5, 5.41) is 7.36. The summed E-state index contributed by atoms with van der Waals surface area (Å²) < 4.78 is 60.3. The normalized spacial score (nSPS) is 22.6. The summed E-state index contributed by atoms with van der Waals surface area (Å²) in [6.07, 6.45) is 0.574. The number of fused-ring (bicyclic) bond motifs is 1. The molecule has 2 aromatic rings. The number of nitrogens with zero attached hydrogens (tertiary/aromatic N) is 2. The number of hydrogen-bond donors (Lipinski definition) is 1.